The molecule has 4 rings (SSSR count). The number of hydrogen-bond acceptors (Lipinski definition) is 7. The van der Waals surface area contributed by atoms with Crippen LogP contribution in [0.4, 0.5) is 10.5 Å². The monoisotopic (exact) mass is 497 g/mol. The summed E-state index contributed by atoms with van der Waals surface area (Å²) in [7, 11) is 1.91. The predicted octanol–water partition coefficient (Wildman–Crippen LogP) is 4.03. The van der Waals surface area contributed by atoms with Crippen LogP contribution in [0.15, 0.2) is 60.0 Å². The number of ether oxygens (including phenoxy) is 2. The zero-order valence-electron chi connectivity index (χ0n) is 20.0. The fraction of sp³-hybridized carbons (Fsp3) is 0.400. The number of nitrogens with zero attached hydrogens (tertiary/aromatic N) is 3. The number of aliphatic hydroxyl groups excluding tert-OH is 1. The standard InChI is InChI=1S/C25H31N5O4S/c1-4-26-24(32)28-20-7-5-6-19(12-20)23-33-21(14-35-25-29-27-15-30(25)3)16(2)22(34-23)18-10-8-17(13-31)9-11-18/h5-12,15-16,21-23,31H,4,13-14H2,1-3H3,(H2,26,28,32). The van der Waals surface area contributed by atoms with Crippen LogP contribution in [0.1, 0.15) is 42.9 Å². The molecule has 0 bridgehead atoms. The number of benzene rings is 2. The van der Waals surface area contributed by atoms with Gasteiger partial charge in [0.05, 0.1) is 18.8 Å². The van der Waals surface area contributed by atoms with Crippen LogP contribution in [0.2, 0.25) is 0 Å². The SMILES string of the molecule is CCNC(=O)Nc1cccc(C2OC(CSc3nncn3C)C(C)C(c3ccc(CO)cc3)O2)c1. The van der Waals surface area contributed by atoms with Crippen molar-refractivity contribution in [3.63, 3.8) is 0 Å². The van der Waals surface area contributed by atoms with Crippen LogP contribution in [0.3, 0.4) is 0 Å². The van der Waals surface area contributed by atoms with Gasteiger partial charge in [-0.25, -0.2) is 4.79 Å². The van der Waals surface area contributed by atoms with Crippen molar-refractivity contribution in [2.24, 2.45) is 13.0 Å². The Bertz CT molecular complexity index is 1120. The van der Waals surface area contributed by atoms with Crippen LogP contribution in [0.25, 0.3) is 0 Å². The van der Waals surface area contributed by atoms with Gasteiger partial charge in [0.15, 0.2) is 11.4 Å². The lowest BCUT2D eigenvalue weighted by Crippen LogP contribution is -2.38. The van der Waals surface area contributed by atoms with Crippen LogP contribution in [-0.4, -0.2) is 44.3 Å². The molecule has 0 radical (unpaired) electrons. The molecule has 1 aromatic heterocycles. The first-order valence-electron chi connectivity index (χ1n) is 11.6. The zero-order chi connectivity index (χ0) is 24.8. The molecular weight excluding hydrogens is 466 g/mol. The number of aryl methyl sites for hydroxylation is 1. The summed E-state index contributed by atoms with van der Waals surface area (Å²) in [6.07, 6.45) is 0.720. The van der Waals surface area contributed by atoms with Gasteiger partial charge in [0.2, 0.25) is 0 Å². The van der Waals surface area contributed by atoms with Crippen molar-refractivity contribution < 1.29 is 19.4 Å². The van der Waals surface area contributed by atoms with Gasteiger partial charge in [-0.05, 0) is 30.2 Å². The van der Waals surface area contributed by atoms with Crippen LogP contribution >= 0.6 is 11.8 Å². The summed E-state index contributed by atoms with van der Waals surface area (Å²) in [4.78, 5) is 12.0. The fourth-order valence-electron chi connectivity index (χ4n) is 3.97. The summed E-state index contributed by atoms with van der Waals surface area (Å²) >= 11 is 1.59. The molecule has 4 atom stereocenters. The van der Waals surface area contributed by atoms with Crippen molar-refractivity contribution in [1.29, 1.82) is 0 Å². The fourth-order valence-corrected chi connectivity index (χ4v) is 5.02. The van der Waals surface area contributed by atoms with E-state index in [0.29, 0.717) is 18.0 Å². The Kier molecular flexibility index (Phi) is 8.40. The quantitative estimate of drug-likeness (QED) is 0.403. The minimum atomic E-state index is -0.616. The first-order valence-corrected chi connectivity index (χ1v) is 12.6. The first-order chi connectivity index (χ1) is 17.0. The topological polar surface area (TPSA) is 111 Å². The van der Waals surface area contributed by atoms with E-state index in [-0.39, 0.29) is 30.8 Å². The van der Waals surface area contributed by atoms with Gasteiger partial charge in [0.25, 0.3) is 0 Å². The number of rotatable bonds is 8. The summed E-state index contributed by atoms with van der Waals surface area (Å²) in [5, 5.41) is 24.0. The third-order valence-corrected chi connectivity index (χ3v) is 7.05. The van der Waals surface area contributed by atoms with E-state index < -0.39 is 6.29 Å². The lowest BCUT2D eigenvalue weighted by molar-refractivity contribution is -0.268. The Hall–Kier alpha value is -2.92. The van der Waals surface area contributed by atoms with Gasteiger partial charge in [-0.2, -0.15) is 0 Å². The zero-order valence-corrected chi connectivity index (χ0v) is 20.9. The highest BCUT2D eigenvalue weighted by Gasteiger charge is 2.38. The summed E-state index contributed by atoms with van der Waals surface area (Å²) in [5.41, 5.74) is 3.35. The molecule has 1 aliphatic rings. The highest BCUT2D eigenvalue weighted by Crippen LogP contribution is 2.43. The molecule has 3 N–H and O–H groups in total. The number of thioether (sulfide) groups is 1. The lowest BCUT2D eigenvalue weighted by atomic mass is 9.91. The molecule has 9 nitrogen and oxygen atoms in total. The maximum Gasteiger partial charge on any atom is 0.319 e. The molecule has 1 fully saturated rings. The number of carbonyl (C=O) groups is 1. The maximum absolute atomic E-state index is 12.0. The van der Waals surface area contributed by atoms with Crippen molar-refractivity contribution in [2.45, 2.75) is 44.1 Å². The van der Waals surface area contributed by atoms with Gasteiger partial charge in [-0.15, -0.1) is 10.2 Å². The normalized spacial score (nSPS) is 22.1. The van der Waals surface area contributed by atoms with E-state index in [9.17, 15) is 9.90 Å². The van der Waals surface area contributed by atoms with Gasteiger partial charge in [-0.3, -0.25) is 0 Å². The molecule has 0 aliphatic carbocycles. The first kappa shape index (κ1) is 25.2. The highest BCUT2D eigenvalue weighted by atomic mass is 32.2. The number of anilines is 1. The van der Waals surface area contributed by atoms with E-state index in [1.165, 1.54) is 0 Å². The molecule has 1 aliphatic heterocycles. The molecule has 186 valence electrons. The summed E-state index contributed by atoms with van der Waals surface area (Å²) in [5.74, 6) is 0.735. The number of amides is 2. The molecule has 35 heavy (non-hydrogen) atoms. The Morgan fingerprint density at radius 3 is 2.66 bits per heavy atom. The van der Waals surface area contributed by atoms with E-state index in [1.807, 2.05) is 67.1 Å². The molecule has 3 aromatic rings. The van der Waals surface area contributed by atoms with E-state index in [0.717, 1.165) is 21.8 Å². The van der Waals surface area contributed by atoms with E-state index in [2.05, 4.69) is 27.8 Å². The number of aliphatic hydroxyl groups is 1. The predicted molar refractivity (Wildman–Crippen MR) is 134 cm³/mol. The Labute approximate surface area is 209 Å². The van der Waals surface area contributed by atoms with Crippen LogP contribution in [-0.2, 0) is 23.1 Å². The minimum absolute atomic E-state index is 0.00450. The molecule has 1 saturated heterocycles. The molecule has 10 heteroatoms. The van der Waals surface area contributed by atoms with Gasteiger partial charge < -0.3 is 29.8 Å². The molecule has 0 spiro atoms. The minimum Gasteiger partial charge on any atom is -0.392 e. The Morgan fingerprint density at radius 2 is 1.97 bits per heavy atom. The van der Waals surface area contributed by atoms with Gasteiger partial charge >= 0.3 is 6.03 Å². The van der Waals surface area contributed by atoms with Crippen molar-refractivity contribution in [3.05, 3.63) is 71.5 Å². The van der Waals surface area contributed by atoms with Gasteiger partial charge in [0.1, 0.15) is 6.33 Å². The number of carbonyl (C=O) groups excluding carboxylic acids is 1. The van der Waals surface area contributed by atoms with E-state index in [1.54, 1.807) is 18.1 Å². The van der Waals surface area contributed by atoms with Gasteiger partial charge in [0, 0.05) is 36.5 Å². The van der Waals surface area contributed by atoms with Crippen molar-refractivity contribution in [1.82, 2.24) is 20.1 Å². The van der Waals surface area contributed by atoms with Crippen LogP contribution in [0, 0.1) is 5.92 Å². The maximum atomic E-state index is 12.0. The van der Waals surface area contributed by atoms with Crippen LogP contribution < -0.4 is 10.6 Å². The van der Waals surface area contributed by atoms with Crippen molar-refractivity contribution >= 4 is 23.5 Å². The average molecular weight is 498 g/mol. The van der Waals surface area contributed by atoms with Crippen molar-refractivity contribution in [2.75, 3.05) is 17.6 Å². The molecule has 2 aromatic carbocycles. The second-order valence-corrected chi connectivity index (χ2v) is 9.45. The molecular formula is C25H31N5O4S. The lowest BCUT2D eigenvalue weighted by Gasteiger charge is -2.41. The van der Waals surface area contributed by atoms with Crippen LogP contribution in [0.5, 0.6) is 0 Å². The highest BCUT2D eigenvalue weighted by molar-refractivity contribution is 7.99. The molecule has 2 heterocycles. The Morgan fingerprint density at radius 1 is 1.17 bits per heavy atom. The number of urea groups is 1. The third-order valence-electron chi connectivity index (χ3n) is 5.92. The van der Waals surface area contributed by atoms with Crippen molar-refractivity contribution in [3.8, 4) is 0 Å². The van der Waals surface area contributed by atoms with E-state index in [4.69, 9.17) is 9.47 Å². The number of nitrogens with one attached hydrogen (secondary N) is 2. The largest absolute Gasteiger partial charge is 0.392 e. The summed E-state index contributed by atoms with van der Waals surface area (Å²) < 4.78 is 14.8. The number of hydrogen-bond donors (Lipinski definition) is 3. The van der Waals surface area contributed by atoms with Gasteiger partial charge in [-0.1, -0.05) is 55.1 Å². The average Bonchev–Trinajstić information content (AvgIpc) is 3.28. The summed E-state index contributed by atoms with van der Waals surface area (Å²) in [6.45, 7) is 4.53. The molecule has 0 saturated carbocycles. The number of aromatic nitrogens is 3. The third kappa shape index (κ3) is 6.21. The second-order valence-electron chi connectivity index (χ2n) is 8.47. The van der Waals surface area contributed by atoms with E-state index >= 15 is 0 Å². The smallest absolute Gasteiger partial charge is 0.319 e. The molecule has 2 amide bonds. The molecule has 4 unspecified atom stereocenters. The Balaban J connectivity index is 1.58. The summed E-state index contributed by atoms with van der Waals surface area (Å²) in [6, 6.07) is 15.1. The second kappa shape index (κ2) is 11.7.